The Morgan fingerprint density at radius 1 is 1.24 bits per heavy atom. The van der Waals surface area contributed by atoms with Crippen molar-refractivity contribution in [2.24, 2.45) is 4.99 Å². The first kappa shape index (κ1) is 22.0. The van der Waals surface area contributed by atoms with E-state index in [-0.39, 0.29) is 24.0 Å². The van der Waals surface area contributed by atoms with Crippen molar-refractivity contribution in [1.29, 1.82) is 0 Å². The maximum atomic E-state index is 11.0. The van der Waals surface area contributed by atoms with Gasteiger partial charge in [-0.15, -0.1) is 24.0 Å². The summed E-state index contributed by atoms with van der Waals surface area (Å²) in [6.45, 7) is 2.63. The van der Waals surface area contributed by atoms with Gasteiger partial charge in [-0.25, -0.2) is 13.1 Å². The van der Waals surface area contributed by atoms with E-state index >= 15 is 0 Å². The molecule has 0 amide bonds. The number of benzene rings is 1. The van der Waals surface area contributed by atoms with Gasteiger partial charge in [-0.05, 0) is 30.0 Å². The van der Waals surface area contributed by atoms with E-state index in [1.807, 2.05) is 6.07 Å². The van der Waals surface area contributed by atoms with Crippen molar-refractivity contribution in [2.75, 3.05) is 39.5 Å². The third-order valence-corrected chi connectivity index (χ3v) is 4.42. The normalized spacial score (nSPS) is 13.6. The highest BCUT2D eigenvalue weighted by Gasteiger charge is 2.11. The van der Waals surface area contributed by atoms with Crippen molar-refractivity contribution >= 4 is 40.0 Å². The maximum absolute atomic E-state index is 11.0. The zero-order chi connectivity index (χ0) is 17.4. The molecule has 2 rings (SSSR count). The number of hydrogen-bond donors (Lipinski definition) is 3. The number of nitrogens with zero attached hydrogens (tertiary/aromatic N) is 1. The summed E-state index contributed by atoms with van der Waals surface area (Å²) in [6, 6.07) is 6.34. The van der Waals surface area contributed by atoms with E-state index in [0.29, 0.717) is 19.5 Å². The van der Waals surface area contributed by atoms with Crippen LogP contribution in [0.5, 0.6) is 5.75 Å². The number of rotatable bonds is 8. The monoisotopic (exact) mass is 482 g/mol. The van der Waals surface area contributed by atoms with Crippen molar-refractivity contribution in [3.8, 4) is 5.75 Å². The lowest BCUT2D eigenvalue weighted by Gasteiger charge is -2.12. The molecule has 25 heavy (non-hydrogen) atoms. The van der Waals surface area contributed by atoms with Crippen LogP contribution in [0.1, 0.15) is 17.5 Å². The van der Waals surface area contributed by atoms with Gasteiger partial charge in [-0.3, -0.25) is 4.99 Å². The topological polar surface area (TPSA) is 91.8 Å². The molecule has 1 heterocycles. The number of guanidine groups is 1. The second-order valence-corrected chi connectivity index (χ2v) is 7.57. The summed E-state index contributed by atoms with van der Waals surface area (Å²) in [5.74, 6) is 1.73. The molecule has 1 aliphatic rings. The summed E-state index contributed by atoms with van der Waals surface area (Å²) in [6.07, 6.45) is 3.75. The van der Waals surface area contributed by atoms with E-state index in [4.69, 9.17) is 4.74 Å². The van der Waals surface area contributed by atoms with Gasteiger partial charge in [0.15, 0.2) is 5.96 Å². The summed E-state index contributed by atoms with van der Waals surface area (Å²) in [5.41, 5.74) is 2.56. The minimum absolute atomic E-state index is 0. The molecule has 142 valence electrons. The van der Waals surface area contributed by atoms with Gasteiger partial charge in [0.2, 0.25) is 10.0 Å². The van der Waals surface area contributed by atoms with Crippen molar-refractivity contribution in [3.05, 3.63) is 29.3 Å². The summed E-state index contributed by atoms with van der Waals surface area (Å²) in [7, 11) is -1.39. The average Bonchev–Trinajstić information content (AvgIpc) is 2.99. The SMILES string of the molecule is CN=C(NCCCNS(C)(=O)=O)NCCc1ccc2c(c1)CCO2.I. The first-order chi connectivity index (χ1) is 11.5. The summed E-state index contributed by atoms with van der Waals surface area (Å²) in [5, 5.41) is 6.43. The lowest BCUT2D eigenvalue weighted by molar-refractivity contribution is 0.357. The predicted molar refractivity (Wildman–Crippen MR) is 112 cm³/mol. The molecular weight excluding hydrogens is 455 g/mol. The van der Waals surface area contributed by atoms with Crippen LogP contribution < -0.4 is 20.1 Å². The molecule has 0 bridgehead atoms. The Hall–Kier alpha value is -1.07. The third-order valence-electron chi connectivity index (χ3n) is 3.69. The second-order valence-electron chi connectivity index (χ2n) is 5.74. The Balaban J connectivity index is 0.00000312. The second kappa shape index (κ2) is 10.8. The summed E-state index contributed by atoms with van der Waals surface area (Å²) in [4.78, 5) is 4.16. The lowest BCUT2D eigenvalue weighted by Crippen LogP contribution is -2.39. The van der Waals surface area contributed by atoms with Crippen LogP contribution in [-0.2, 0) is 22.9 Å². The van der Waals surface area contributed by atoms with Gasteiger partial charge in [0.25, 0.3) is 0 Å². The van der Waals surface area contributed by atoms with Gasteiger partial charge in [-0.1, -0.05) is 12.1 Å². The van der Waals surface area contributed by atoms with Crippen molar-refractivity contribution < 1.29 is 13.2 Å². The van der Waals surface area contributed by atoms with Crippen molar-refractivity contribution in [3.63, 3.8) is 0 Å². The molecule has 0 fully saturated rings. The van der Waals surface area contributed by atoms with Crippen LogP contribution in [0.2, 0.25) is 0 Å². The number of sulfonamides is 1. The molecule has 0 atom stereocenters. The molecule has 1 aromatic rings. The van der Waals surface area contributed by atoms with Crippen LogP contribution in [0.3, 0.4) is 0 Å². The molecule has 3 N–H and O–H groups in total. The minimum atomic E-state index is -3.11. The highest BCUT2D eigenvalue weighted by Crippen LogP contribution is 2.25. The molecule has 7 nitrogen and oxygen atoms in total. The zero-order valence-corrected chi connectivity index (χ0v) is 17.8. The van der Waals surface area contributed by atoms with Crippen LogP contribution in [0, 0.1) is 0 Å². The smallest absolute Gasteiger partial charge is 0.208 e. The molecule has 0 saturated heterocycles. The van der Waals surface area contributed by atoms with Crippen LogP contribution in [0.15, 0.2) is 23.2 Å². The first-order valence-electron chi connectivity index (χ1n) is 8.12. The van der Waals surface area contributed by atoms with E-state index in [1.165, 1.54) is 11.1 Å². The molecule has 0 spiro atoms. The van der Waals surface area contributed by atoms with Gasteiger partial charge in [0, 0.05) is 33.1 Å². The number of ether oxygens (including phenoxy) is 1. The predicted octanol–water partition coefficient (Wildman–Crippen LogP) is 0.886. The molecule has 0 aliphatic carbocycles. The number of aliphatic imine (C=N–C) groups is 1. The molecule has 0 aromatic heterocycles. The van der Waals surface area contributed by atoms with E-state index in [0.717, 1.165) is 44.0 Å². The molecule has 0 unspecified atom stereocenters. The fourth-order valence-corrected chi connectivity index (χ4v) is 3.01. The quantitative estimate of drug-likeness (QED) is 0.222. The molecule has 0 saturated carbocycles. The number of fused-ring (bicyclic) bond motifs is 1. The van der Waals surface area contributed by atoms with E-state index in [9.17, 15) is 8.42 Å². The third kappa shape index (κ3) is 8.23. The Labute approximate surface area is 167 Å². The van der Waals surface area contributed by atoms with Crippen molar-refractivity contribution in [1.82, 2.24) is 15.4 Å². The molecule has 1 aliphatic heterocycles. The van der Waals surface area contributed by atoms with Gasteiger partial charge < -0.3 is 15.4 Å². The fraction of sp³-hybridized carbons (Fsp3) is 0.562. The number of halogens is 1. The van der Waals surface area contributed by atoms with Crippen LogP contribution in [-0.4, -0.2) is 53.9 Å². The van der Waals surface area contributed by atoms with E-state index < -0.39 is 10.0 Å². The highest BCUT2D eigenvalue weighted by molar-refractivity contribution is 14.0. The Morgan fingerprint density at radius 2 is 2.00 bits per heavy atom. The van der Waals surface area contributed by atoms with Gasteiger partial charge >= 0.3 is 0 Å². The molecule has 1 aromatic carbocycles. The Kier molecular flexibility index (Phi) is 9.51. The molecule has 9 heteroatoms. The minimum Gasteiger partial charge on any atom is -0.493 e. The highest BCUT2D eigenvalue weighted by atomic mass is 127. The zero-order valence-electron chi connectivity index (χ0n) is 14.7. The Bertz CT molecular complexity index is 680. The van der Waals surface area contributed by atoms with Gasteiger partial charge in [-0.2, -0.15) is 0 Å². The van der Waals surface area contributed by atoms with Crippen LogP contribution in [0.25, 0.3) is 0 Å². The van der Waals surface area contributed by atoms with E-state index in [1.54, 1.807) is 7.05 Å². The fourth-order valence-electron chi connectivity index (χ4n) is 2.49. The summed E-state index contributed by atoms with van der Waals surface area (Å²) < 4.78 is 29.9. The van der Waals surface area contributed by atoms with E-state index in [2.05, 4.69) is 32.5 Å². The maximum Gasteiger partial charge on any atom is 0.208 e. The van der Waals surface area contributed by atoms with Crippen LogP contribution >= 0.6 is 24.0 Å². The van der Waals surface area contributed by atoms with Gasteiger partial charge in [0.1, 0.15) is 5.75 Å². The standard InChI is InChI=1S/C16H26N4O3S.HI/c1-17-16(18-8-3-9-20-24(2,21)22)19-10-6-13-4-5-15-14(12-13)7-11-23-15;/h4-5,12,20H,3,6-11H2,1-2H3,(H2,17,18,19);1H. The first-order valence-corrected chi connectivity index (χ1v) is 10.0. The van der Waals surface area contributed by atoms with Gasteiger partial charge in [0.05, 0.1) is 12.9 Å². The largest absolute Gasteiger partial charge is 0.493 e. The lowest BCUT2D eigenvalue weighted by atomic mass is 10.1. The van der Waals surface area contributed by atoms with Crippen molar-refractivity contribution in [2.45, 2.75) is 19.3 Å². The molecule has 0 radical (unpaired) electrons. The number of nitrogens with one attached hydrogen (secondary N) is 3. The average molecular weight is 482 g/mol. The molecular formula is C16H27IN4O3S. The van der Waals surface area contributed by atoms with Crippen LogP contribution in [0.4, 0.5) is 0 Å². The number of hydrogen-bond acceptors (Lipinski definition) is 4. The summed E-state index contributed by atoms with van der Waals surface area (Å²) >= 11 is 0. The Morgan fingerprint density at radius 3 is 2.72 bits per heavy atom.